The Labute approximate surface area is 232 Å². The molecule has 3 unspecified atom stereocenters. The van der Waals surface area contributed by atoms with E-state index in [1.54, 1.807) is 23.1 Å². The van der Waals surface area contributed by atoms with Crippen LogP contribution in [0.3, 0.4) is 0 Å². The van der Waals surface area contributed by atoms with Crippen molar-refractivity contribution in [3.63, 3.8) is 0 Å². The van der Waals surface area contributed by atoms with E-state index in [2.05, 4.69) is 72.0 Å². The van der Waals surface area contributed by atoms with Crippen molar-refractivity contribution < 1.29 is 9.53 Å². The normalized spacial score (nSPS) is 22.9. The molecule has 4 nitrogen and oxygen atoms in total. The molecule has 0 bridgehead atoms. The number of carbonyl (C=O) groups excluding carboxylic acids is 1. The first-order valence-corrected chi connectivity index (χ1v) is 14.8. The Kier molecular flexibility index (Phi) is 6.85. The van der Waals surface area contributed by atoms with Crippen molar-refractivity contribution >= 4 is 29.0 Å². The van der Waals surface area contributed by atoms with Gasteiger partial charge in [-0.1, -0.05) is 54.6 Å². The zero-order valence-corrected chi connectivity index (χ0v) is 23.0. The van der Waals surface area contributed by atoms with Gasteiger partial charge >= 0.3 is 0 Å². The van der Waals surface area contributed by atoms with Gasteiger partial charge in [-0.15, -0.1) is 11.8 Å². The molecule has 4 heterocycles. The summed E-state index contributed by atoms with van der Waals surface area (Å²) in [5.74, 6) is 1.31. The predicted octanol–water partition coefficient (Wildman–Crippen LogP) is 7.04. The summed E-state index contributed by atoms with van der Waals surface area (Å²) in [6.07, 6.45) is 2.40. The van der Waals surface area contributed by atoms with Crippen molar-refractivity contribution in [3.05, 3.63) is 124 Å². The molecule has 38 heavy (non-hydrogen) atoms. The van der Waals surface area contributed by atoms with Gasteiger partial charge in [-0.2, -0.15) is 11.3 Å². The van der Waals surface area contributed by atoms with Crippen LogP contribution in [0.1, 0.15) is 46.8 Å². The summed E-state index contributed by atoms with van der Waals surface area (Å²) in [5, 5.41) is 7.25. The van der Waals surface area contributed by atoms with E-state index in [9.17, 15) is 4.79 Å². The van der Waals surface area contributed by atoms with Gasteiger partial charge in [0, 0.05) is 17.0 Å². The highest BCUT2D eigenvalue weighted by Crippen LogP contribution is 2.44. The van der Waals surface area contributed by atoms with Crippen molar-refractivity contribution in [2.45, 2.75) is 47.8 Å². The molecule has 2 aromatic carbocycles. The summed E-state index contributed by atoms with van der Waals surface area (Å²) in [7, 11) is 0. The first-order valence-electron chi connectivity index (χ1n) is 13.0. The minimum atomic E-state index is -0.736. The van der Waals surface area contributed by atoms with Crippen molar-refractivity contribution in [2.24, 2.45) is 0 Å². The van der Waals surface area contributed by atoms with Crippen LogP contribution < -0.4 is 10.1 Å². The second-order valence-corrected chi connectivity index (χ2v) is 12.0. The Morgan fingerprint density at radius 1 is 1.11 bits per heavy atom. The highest BCUT2D eigenvalue weighted by molar-refractivity contribution is 8.00. The number of rotatable bonds is 6. The molecule has 4 aromatic rings. The third-order valence-electron chi connectivity index (χ3n) is 7.57. The van der Waals surface area contributed by atoms with Crippen LogP contribution in [0, 0.1) is 6.92 Å². The summed E-state index contributed by atoms with van der Waals surface area (Å²) in [4.78, 5) is 20.0. The van der Waals surface area contributed by atoms with Gasteiger partial charge in [-0.25, -0.2) is 0 Å². The first-order chi connectivity index (χ1) is 18.5. The number of hydrogen-bond donors (Lipinski definition) is 1. The van der Waals surface area contributed by atoms with Crippen molar-refractivity contribution in [2.75, 3.05) is 6.61 Å². The lowest BCUT2D eigenvalue weighted by Crippen LogP contribution is -2.55. The van der Waals surface area contributed by atoms with Gasteiger partial charge in [0.05, 0.1) is 12.3 Å². The Morgan fingerprint density at radius 2 is 1.95 bits per heavy atom. The molecule has 3 atom stereocenters. The fraction of sp³-hybridized carbons (Fsp3) is 0.250. The number of hydrogen-bond acceptors (Lipinski definition) is 5. The standard InChI is InChI=1S/C32H30N2O2S2/c1-21-8-3-6-12-28(21)38-30-22(2)19-32(34-31(30)35,24-15-17-37-20-24)29-13-7-9-25(33-29)18-23-14-16-36-27-11-5-4-10-26(23)27/h3-13,15,17,20,23,30H,2,14,16,18-19H2,1H3,(H,34,35). The topological polar surface area (TPSA) is 51.2 Å². The van der Waals surface area contributed by atoms with Gasteiger partial charge in [0.2, 0.25) is 5.91 Å². The van der Waals surface area contributed by atoms with Crippen LogP contribution >= 0.6 is 23.1 Å². The number of amides is 1. The van der Waals surface area contributed by atoms with E-state index < -0.39 is 5.54 Å². The molecule has 1 N–H and O–H groups in total. The van der Waals surface area contributed by atoms with Crippen LogP contribution in [-0.2, 0) is 16.8 Å². The zero-order valence-electron chi connectivity index (χ0n) is 21.4. The largest absolute Gasteiger partial charge is 0.493 e. The van der Waals surface area contributed by atoms with E-state index in [0.717, 1.165) is 58.2 Å². The molecular formula is C32H30N2O2S2. The lowest BCUT2D eigenvalue weighted by molar-refractivity contribution is -0.122. The number of aryl methyl sites for hydroxylation is 1. The van der Waals surface area contributed by atoms with Crippen molar-refractivity contribution in [1.29, 1.82) is 0 Å². The number of nitrogens with one attached hydrogen (secondary N) is 1. The lowest BCUT2D eigenvalue weighted by Gasteiger charge is -2.41. The van der Waals surface area contributed by atoms with Crippen LogP contribution in [0.4, 0.5) is 0 Å². The quantitative estimate of drug-likeness (QED) is 0.268. The molecule has 1 saturated heterocycles. The van der Waals surface area contributed by atoms with Crippen molar-refractivity contribution in [3.8, 4) is 5.75 Å². The average Bonchev–Trinajstić information content (AvgIpc) is 3.48. The number of pyridine rings is 1. The molecule has 0 spiro atoms. The third-order valence-corrected chi connectivity index (χ3v) is 9.75. The average molecular weight is 539 g/mol. The van der Waals surface area contributed by atoms with Gasteiger partial charge in [-0.05, 0) is 83.5 Å². The lowest BCUT2D eigenvalue weighted by atomic mass is 9.78. The number of benzene rings is 2. The number of fused-ring (bicyclic) bond motifs is 1. The van der Waals surface area contributed by atoms with Crippen molar-refractivity contribution in [1.82, 2.24) is 10.3 Å². The molecule has 0 radical (unpaired) electrons. The number of para-hydroxylation sites is 1. The molecule has 2 aliphatic heterocycles. The molecule has 6 rings (SSSR count). The number of nitrogens with zero attached hydrogens (tertiary/aromatic N) is 1. The summed E-state index contributed by atoms with van der Waals surface area (Å²) >= 11 is 3.21. The second-order valence-electron chi connectivity index (χ2n) is 10.1. The van der Waals surface area contributed by atoms with Crippen LogP contribution in [0.25, 0.3) is 0 Å². The maximum atomic E-state index is 13.7. The van der Waals surface area contributed by atoms with Crippen LogP contribution in [0.5, 0.6) is 5.75 Å². The maximum absolute atomic E-state index is 13.7. The van der Waals surface area contributed by atoms with Gasteiger partial charge < -0.3 is 10.1 Å². The number of ether oxygens (including phenoxy) is 1. The Bertz CT molecular complexity index is 1460. The molecule has 2 aliphatic rings. The SMILES string of the molecule is C=C1CC(c2ccsc2)(c2cccc(CC3CCOc4ccccc43)n2)NC(=O)C1Sc1ccccc1C. The van der Waals surface area contributed by atoms with E-state index in [-0.39, 0.29) is 11.2 Å². The molecular weight excluding hydrogens is 508 g/mol. The monoisotopic (exact) mass is 538 g/mol. The number of carbonyl (C=O) groups is 1. The fourth-order valence-corrected chi connectivity index (χ4v) is 7.40. The zero-order chi connectivity index (χ0) is 26.1. The van der Waals surface area contributed by atoms with Crippen LogP contribution in [-0.4, -0.2) is 22.7 Å². The van der Waals surface area contributed by atoms with E-state index in [1.807, 2.05) is 30.3 Å². The number of thiophene rings is 1. The summed E-state index contributed by atoms with van der Waals surface area (Å²) < 4.78 is 5.88. The minimum absolute atomic E-state index is 0.0220. The number of thioether (sulfide) groups is 1. The Balaban J connectivity index is 1.32. The fourth-order valence-electron chi connectivity index (χ4n) is 5.59. The number of aromatic nitrogens is 1. The van der Waals surface area contributed by atoms with Gasteiger partial charge in [0.15, 0.2) is 0 Å². The van der Waals surface area contributed by atoms with E-state index in [4.69, 9.17) is 9.72 Å². The molecule has 1 amide bonds. The van der Waals surface area contributed by atoms with Crippen LogP contribution in [0.15, 0.2) is 101 Å². The Hall–Kier alpha value is -3.35. The minimum Gasteiger partial charge on any atom is -0.493 e. The molecule has 0 aliphatic carbocycles. The molecule has 192 valence electrons. The van der Waals surface area contributed by atoms with Gasteiger partial charge in [0.25, 0.3) is 0 Å². The first kappa shape index (κ1) is 25.0. The molecule has 6 heteroatoms. The third kappa shape index (κ3) is 4.67. The highest BCUT2D eigenvalue weighted by atomic mass is 32.2. The predicted molar refractivity (Wildman–Crippen MR) is 155 cm³/mol. The molecule has 1 fully saturated rings. The number of piperidine rings is 1. The summed E-state index contributed by atoms with van der Waals surface area (Å²) in [6, 6.07) is 24.8. The maximum Gasteiger partial charge on any atom is 0.238 e. The van der Waals surface area contributed by atoms with E-state index >= 15 is 0 Å². The molecule has 0 saturated carbocycles. The van der Waals surface area contributed by atoms with Crippen LogP contribution in [0.2, 0.25) is 0 Å². The summed E-state index contributed by atoms with van der Waals surface area (Å²) in [5.41, 5.74) is 5.53. The second kappa shape index (κ2) is 10.4. The summed E-state index contributed by atoms with van der Waals surface area (Å²) in [6.45, 7) is 7.22. The Morgan fingerprint density at radius 3 is 2.76 bits per heavy atom. The van der Waals surface area contributed by atoms with E-state index in [0.29, 0.717) is 12.3 Å². The van der Waals surface area contributed by atoms with E-state index in [1.165, 1.54) is 5.56 Å². The van der Waals surface area contributed by atoms with Gasteiger partial charge in [0.1, 0.15) is 16.5 Å². The van der Waals surface area contributed by atoms with Gasteiger partial charge in [-0.3, -0.25) is 9.78 Å². The molecule has 2 aromatic heterocycles. The highest BCUT2D eigenvalue weighted by Gasteiger charge is 2.46. The smallest absolute Gasteiger partial charge is 0.238 e.